The number of fused-ring (bicyclic) bond motifs is 3. The molecule has 1 aliphatic carbocycles. The molecule has 2 aliphatic rings. The Morgan fingerprint density at radius 2 is 1.93 bits per heavy atom. The highest BCUT2D eigenvalue weighted by Crippen LogP contribution is 2.42. The second-order valence-electron chi connectivity index (χ2n) is 9.90. The molecule has 0 saturated carbocycles. The molecule has 1 aliphatic heterocycles. The molecule has 6 heteroatoms. The van der Waals surface area contributed by atoms with E-state index in [1.165, 1.54) is 11.3 Å². The van der Waals surface area contributed by atoms with E-state index < -0.39 is 5.91 Å². The number of nitrogens with two attached hydrogens (primary N) is 1. The van der Waals surface area contributed by atoms with Crippen molar-refractivity contribution in [2.24, 2.45) is 11.1 Å². The number of hydrogen-bond donors (Lipinski definition) is 2. The number of ketones is 1. The predicted octanol–water partition coefficient (Wildman–Crippen LogP) is 3.54. The molecule has 0 radical (unpaired) electrons. The van der Waals surface area contributed by atoms with Gasteiger partial charge in [0.1, 0.15) is 0 Å². The standard InChI is InChI=1S/C24H32N4O2/c1-14(2)26-18-10-15(6-7-16(18)23(25)30)28-19-11-24(3,4)12-21(29)22(19)17-8-9-27(5)13-20(17)28/h6-7,10,14,26H,8-9,11-13H2,1-5H3,(H2,25,30). The van der Waals surface area contributed by atoms with Crippen LogP contribution >= 0.6 is 0 Å². The lowest BCUT2D eigenvalue weighted by atomic mass is 9.75. The lowest BCUT2D eigenvalue weighted by molar-refractivity contribution is 0.0909. The molecule has 4 rings (SSSR count). The Kier molecular flexibility index (Phi) is 5.01. The molecule has 2 heterocycles. The van der Waals surface area contributed by atoms with Gasteiger partial charge in [0.05, 0.1) is 5.56 Å². The molecule has 0 fully saturated rings. The van der Waals surface area contributed by atoms with Gasteiger partial charge in [-0.1, -0.05) is 13.8 Å². The van der Waals surface area contributed by atoms with E-state index in [-0.39, 0.29) is 17.2 Å². The predicted molar refractivity (Wildman–Crippen MR) is 120 cm³/mol. The molecule has 2 aromatic rings. The number of primary amides is 1. The van der Waals surface area contributed by atoms with Gasteiger partial charge in [-0.05, 0) is 62.9 Å². The van der Waals surface area contributed by atoms with E-state index in [9.17, 15) is 9.59 Å². The molecule has 0 bridgehead atoms. The fourth-order valence-electron chi connectivity index (χ4n) is 4.96. The number of likely N-dealkylation sites (N-methyl/N-ethyl adjacent to an activating group) is 1. The van der Waals surface area contributed by atoms with Gasteiger partial charge >= 0.3 is 0 Å². The zero-order chi connectivity index (χ0) is 21.8. The van der Waals surface area contributed by atoms with Crippen molar-refractivity contribution < 1.29 is 9.59 Å². The summed E-state index contributed by atoms with van der Waals surface area (Å²) in [5, 5.41) is 3.36. The fourth-order valence-corrected chi connectivity index (χ4v) is 4.96. The molecular weight excluding hydrogens is 376 g/mol. The SMILES string of the molecule is CC(C)Nc1cc(-n2c3c(c4c2CC(C)(C)CC4=O)CCN(C)C3)ccc1C(N)=O. The minimum Gasteiger partial charge on any atom is -0.382 e. The highest BCUT2D eigenvalue weighted by Gasteiger charge is 2.38. The van der Waals surface area contributed by atoms with Crippen molar-refractivity contribution in [2.45, 2.75) is 59.5 Å². The Hall–Kier alpha value is -2.60. The number of nitrogens with one attached hydrogen (secondary N) is 1. The first kappa shape index (κ1) is 20.7. The van der Waals surface area contributed by atoms with Gasteiger partial charge < -0.3 is 20.5 Å². The van der Waals surface area contributed by atoms with Crippen LogP contribution in [0.3, 0.4) is 0 Å². The number of amides is 1. The van der Waals surface area contributed by atoms with Gasteiger partial charge in [-0.25, -0.2) is 0 Å². The Balaban J connectivity index is 1.95. The molecule has 3 N–H and O–H groups in total. The molecule has 0 saturated heterocycles. The van der Waals surface area contributed by atoms with E-state index in [2.05, 4.69) is 35.7 Å². The molecule has 30 heavy (non-hydrogen) atoms. The largest absolute Gasteiger partial charge is 0.382 e. The third kappa shape index (κ3) is 3.54. The summed E-state index contributed by atoms with van der Waals surface area (Å²) in [4.78, 5) is 27.4. The number of aromatic nitrogens is 1. The number of benzene rings is 1. The maximum absolute atomic E-state index is 13.2. The van der Waals surface area contributed by atoms with Crippen LogP contribution in [0.1, 0.15) is 71.8 Å². The zero-order valence-electron chi connectivity index (χ0n) is 18.6. The summed E-state index contributed by atoms with van der Waals surface area (Å²) in [5.74, 6) is -0.188. The molecule has 1 amide bonds. The summed E-state index contributed by atoms with van der Waals surface area (Å²) in [6.45, 7) is 10.2. The highest BCUT2D eigenvalue weighted by atomic mass is 16.1. The van der Waals surface area contributed by atoms with Crippen molar-refractivity contribution in [1.29, 1.82) is 0 Å². The second kappa shape index (κ2) is 7.27. The van der Waals surface area contributed by atoms with Gasteiger partial charge in [-0.15, -0.1) is 0 Å². The third-order valence-electron chi connectivity index (χ3n) is 6.18. The van der Waals surface area contributed by atoms with Crippen LogP contribution < -0.4 is 11.1 Å². The van der Waals surface area contributed by atoms with E-state index in [0.717, 1.165) is 48.6 Å². The summed E-state index contributed by atoms with van der Waals surface area (Å²) in [6.07, 6.45) is 2.34. The quantitative estimate of drug-likeness (QED) is 0.811. The van der Waals surface area contributed by atoms with Crippen molar-refractivity contribution in [3.05, 3.63) is 46.3 Å². The van der Waals surface area contributed by atoms with Gasteiger partial charge in [-0.2, -0.15) is 0 Å². The van der Waals surface area contributed by atoms with Gasteiger partial charge in [0.2, 0.25) is 0 Å². The molecule has 1 aromatic carbocycles. The summed E-state index contributed by atoms with van der Waals surface area (Å²) in [5.41, 5.74) is 12.2. The zero-order valence-corrected chi connectivity index (χ0v) is 18.6. The fraction of sp³-hybridized carbons (Fsp3) is 0.500. The minimum atomic E-state index is -0.447. The van der Waals surface area contributed by atoms with Gasteiger partial charge in [0, 0.05) is 53.9 Å². The number of anilines is 1. The summed E-state index contributed by atoms with van der Waals surface area (Å²) >= 11 is 0. The maximum atomic E-state index is 13.2. The number of nitrogens with zero attached hydrogens (tertiary/aromatic N) is 2. The van der Waals surface area contributed by atoms with Crippen LogP contribution in [0.25, 0.3) is 5.69 Å². The number of hydrogen-bond acceptors (Lipinski definition) is 4. The first-order valence-corrected chi connectivity index (χ1v) is 10.8. The van der Waals surface area contributed by atoms with Crippen molar-refractivity contribution in [2.75, 3.05) is 18.9 Å². The van der Waals surface area contributed by atoms with Crippen LogP contribution in [-0.4, -0.2) is 40.8 Å². The van der Waals surface area contributed by atoms with Crippen LogP contribution in [0.15, 0.2) is 18.2 Å². The lowest BCUT2D eigenvalue weighted by Crippen LogP contribution is -2.29. The van der Waals surface area contributed by atoms with Crippen LogP contribution in [0.5, 0.6) is 0 Å². The molecule has 160 valence electrons. The maximum Gasteiger partial charge on any atom is 0.250 e. The second-order valence-corrected chi connectivity index (χ2v) is 9.90. The highest BCUT2D eigenvalue weighted by molar-refractivity contribution is 6.01. The van der Waals surface area contributed by atoms with E-state index in [4.69, 9.17) is 5.73 Å². The lowest BCUT2D eigenvalue weighted by Gasteiger charge is -2.30. The van der Waals surface area contributed by atoms with Crippen LogP contribution in [0, 0.1) is 5.41 Å². The Morgan fingerprint density at radius 1 is 1.20 bits per heavy atom. The van der Waals surface area contributed by atoms with Gasteiger partial charge in [0.25, 0.3) is 5.91 Å². The molecular formula is C24H32N4O2. The average Bonchev–Trinajstić information content (AvgIpc) is 2.92. The van der Waals surface area contributed by atoms with E-state index in [1.54, 1.807) is 6.07 Å². The van der Waals surface area contributed by atoms with Crippen LogP contribution in [-0.2, 0) is 19.4 Å². The molecule has 0 unspecified atom stereocenters. The van der Waals surface area contributed by atoms with Crippen molar-refractivity contribution >= 4 is 17.4 Å². The monoisotopic (exact) mass is 408 g/mol. The van der Waals surface area contributed by atoms with Crippen molar-refractivity contribution in [1.82, 2.24) is 9.47 Å². The normalized spacial score (nSPS) is 18.3. The number of carbonyl (C=O) groups excluding carboxylic acids is 2. The third-order valence-corrected chi connectivity index (χ3v) is 6.18. The first-order valence-electron chi connectivity index (χ1n) is 10.8. The minimum absolute atomic E-state index is 0.0686. The first-order chi connectivity index (χ1) is 14.1. The summed E-state index contributed by atoms with van der Waals surface area (Å²) in [6, 6.07) is 5.91. The van der Waals surface area contributed by atoms with E-state index >= 15 is 0 Å². The van der Waals surface area contributed by atoms with E-state index in [0.29, 0.717) is 12.0 Å². The van der Waals surface area contributed by atoms with E-state index in [1.807, 2.05) is 26.0 Å². The van der Waals surface area contributed by atoms with Crippen LogP contribution in [0.4, 0.5) is 5.69 Å². The Labute approximate surface area is 178 Å². The average molecular weight is 409 g/mol. The smallest absolute Gasteiger partial charge is 0.250 e. The molecule has 6 nitrogen and oxygen atoms in total. The van der Waals surface area contributed by atoms with Crippen molar-refractivity contribution in [3.63, 3.8) is 0 Å². The Bertz CT molecular complexity index is 1030. The number of carbonyl (C=O) groups is 2. The van der Waals surface area contributed by atoms with Gasteiger partial charge in [0.15, 0.2) is 5.78 Å². The summed E-state index contributed by atoms with van der Waals surface area (Å²) in [7, 11) is 2.12. The molecule has 0 spiro atoms. The van der Waals surface area contributed by atoms with Crippen LogP contribution in [0.2, 0.25) is 0 Å². The Morgan fingerprint density at radius 3 is 2.60 bits per heavy atom. The number of rotatable bonds is 4. The molecule has 1 aromatic heterocycles. The molecule has 0 atom stereocenters. The van der Waals surface area contributed by atoms with Gasteiger partial charge in [-0.3, -0.25) is 9.59 Å². The number of Topliss-reactive ketones (excluding diaryl/α,β-unsaturated/α-hetero) is 1. The topological polar surface area (TPSA) is 80.4 Å². The summed E-state index contributed by atoms with van der Waals surface area (Å²) < 4.78 is 2.27. The van der Waals surface area contributed by atoms with Crippen molar-refractivity contribution in [3.8, 4) is 5.69 Å².